The molecule has 2 aliphatic rings. The van der Waals surface area contributed by atoms with Crippen molar-refractivity contribution in [3.05, 3.63) is 35.7 Å². The fraction of sp³-hybridized carbons (Fsp3) is 0.474. The number of nitrogens with zero attached hydrogens (tertiary/aromatic N) is 3. The summed E-state index contributed by atoms with van der Waals surface area (Å²) in [5.74, 6) is -0.117. The van der Waals surface area contributed by atoms with Crippen LogP contribution in [-0.4, -0.2) is 39.9 Å². The molecule has 0 unspecified atom stereocenters. The number of hydrogen-bond donors (Lipinski definition) is 3. The van der Waals surface area contributed by atoms with Crippen LogP contribution < -0.4 is 16.0 Å². The number of rotatable bonds is 5. The number of nitrogens with one attached hydrogen (secondary N) is 3. The molecule has 3 N–H and O–H groups in total. The number of anilines is 2. The Labute approximate surface area is 169 Å². The van der Waals surface area contributed by atoms with Crippen molar-refractivity contribution < 1.29 is 9.59 Å². The van der Waals surface area contributed by atoms with E-state index in [-0.39, 0.29) is 36.2 Å². The quantitative estimate of drug-likeness (QED) is 0.710. The first-order chi connectivity index (χ1) is 13.1. The van der Waals surface area contributed by atoms with Gasteiger partial charge in [0, 0.05) is 17.3 Å². The second-order valence-electron chi connectivity index (χ2n) is 7.25. The Morgan fingerprint density at radius 2 is 1.79 bits per heavy atom. The molecule has 1 aliphatic heterocycles. The summed E-state index contributed by atoms with van der Waals surface area (Å²) in [5.41, 5.74) is 2.41. The number of amides is 2. The Balaban J connectivity index is 0.00000225. The lowest BCUT2D eigenvalue weighted by Crippen LogP contribution is -2.30. The third kappa shape index (κ3) is 4.51. The second kappa shape index (κ2) is 8.70. The van der Waals surface area contributed by atoms with Gasteiger partial charge in [-0.25, -0.2) is 4.68 Å². The lowest BCUT2D eigenvalue weighted by molar-refractivity contribution is -0.117. The molecule has 0 atom stereocenters. The highest BCUT2D eigenvalue weighted by Crippen LogP contribution is 2.30. The molecule has 0 spiro atoms. The number of benzene rings is 1. The van der Waals surface area contributed by atoms with Crippen molar-refractivity contribution >= 4 is 35.6 Å². The largest absolute Gasteiger partial charge is 0.326 e. The molecule has 2 heterocycles. The van der Waals surface area contributed by atoms with Gasteiger partial charge in [0.15, 0.2) is 5.69 Å². The van der Waals surface area contributed by atoms with Crippen molar-refractivity contribution in [1.82, 2.24) is 20.3 Å². The summed E-state index contributed by atoms with van der Waals surface area (Å²) in [4.78, 5) is 24.6. The van der Waals surface area contributed by atoms with E-state index in [4.69, 9.17) is 0 Å². The van der Waals surface area contributed by atoms with E-state index in [2.05, 4.69) is 26.3 Å². The molecule has 28 heavy (non-hydrogen) atoms. The lowest BCUT2D eigenvalue weighted by atomic mass is 10.1. The molecule has 2 fully saturated rings. The average Bonchev–Trinajstić information content (AvgIpc) is 3.45. The Morgan fingerprint density at radius 3 is 2.46 bits per heavy atom. The molecule has 0 bridgehead atoms. The van der Waals surface area contributed by atoms with Crippen LogP contribution in [0.3, 0.4) is 0 Å². The Morgan fingerprint density at radius 1 is 1.11 bits per heavy atom. The van der Waals surface area contributed by atoms with Gasteiger partial charge in [-0.2, -0.15) is 0 Å². The smallest absolute Gasteiger partial charge is 0.278 e. The average molecular weight is 405 g/mol. The van der Waals surface area contributed by atoms with Gasteiger partial charge >= 0.3 is 0 Å². The van der Waals surface area contributed by atoms with Gasteiger partial charge in [-0.1, -0.05) is 11.3 Å². The lowest BCUT2D eigenvalue weighted by Gasteiger charge is -2.23. The molecular formula is C19H25ClN6O2. The third-order valence-corrected chi connectivity index (χ3v) is 5.13. The van der Waals surface area contributed by atoms with E-state index in [1.165, 1.54) is 0 Å². The van der Waals surface area contributed by atoms with E-state index in [9.17, 15) is 9.59 Å². The molecular weight excluding hydrogens is 380 g/mol. The van der Waals surface area contributed by atoms with Crippen LogP contribution in [0.4, 0.5) is 11.4 Å². The van der Waals surface area contributed by atoms with Gasteiger partial charge in [0.1, 0.15) is 0 Å². The fourth-order valence-corrected chi connectivity index (χ4v) is 3.40. The normalized spacial score (nSPS) is 16.9. The van der Waals surface area contributed by atoms with Gasteiger partial charge in [-0.05, 0) is 63.9 Å². The Hall–Kier alpha value is -2.45. The van der Waals surface area contributed by atoms with Crippen molar-refractivity contribution in [2.24, 2.45) is 5.92 Å². The molecule has 1 aromatic carbocycles. The van der Waals surface area contributed by atoms with Crippen LogP contribution in [0, 0.1) is 12.8 Å². The van der Waals surface area contributed by atoms with E-state index < -0.39 is 0 Å². The zero-order valence-electron chi connectivity index (χ0n) is 15.8. The summed E-state index contributed by atoms with van der Waals surface area (Å²) in [6, 6.07) is 7.44. The minimum Gasteiger partial charge on any atom is -0.326 e. The number of aromatic nitrogens is 3. The van der Waals surface area contributed by atoms with Crippen LogP contribution in [0.2, 0.25) is 0 Å². The number of halogens is 1. The molecule has 9 heteroatoms. The highest BCUT2D eigenvalue weighted by Gasteiger charge is 2.29. The molecule has 0 radical (unpaired) electrons. The standard InChI is InChI=1S/C19H24N6O2.ClH/c1-12-17(23-24-25(12)16-7-9-20-10-8-16)19(27)22-15-4-2-3-14(11-15)21-18(26)13-5-6-13;/h2-4,11,13,16,20H,5-10H2,1H3,(H,21,26)(H,22,27);1H. The summed E-state index contributed by atoms with van der Waals surface area (Å²) in [6.45, 7) is 3.78. The minimum atomic E-state index is -0.293. The highest BCUT2D eigenvalue weighted by molar-refractivity contribution is 6.04. The summed E-state index contributed by atoms with van der Waals surface area (Å²) < 4.78 is 1.86. The predicted octanol–water partition coefficient (Wildman–Crippen LogP) is 2.53. The number of carbonyl (C=O) groups is 2. The first-order valence-corrected chi connectivity index (χ1v) is 9.46. The zero-order chi connectivity index (χ0) is 18.8. The van der Waals surface area contributed by atoms with E-state index in [0.29, 0.717) is 17.1 Å². The highest BCUT2D eigenvalue weighted by atomic mass is 35.5. The fourth-order valence-electron chi connectivity index (χ4n) is 3.40. The van der Waals surface area contributed by atoms with Crippen molar-refractivity contribution in [1.29, 1.82) is 0 Å². The van der Waals surface area contributed by atoms with E-state index in [1.54, 1.807) is 18.2 Å². The maximum absolute atomic E-state index is 12.7. The maximum Gasteiger partial charge on any atom is 0.278 e. The van der Waals surface area contributed by atoms with Crippen LogP contribution in [0.1, 0.15) is 47.9 Å². The molecule has 150 valence electrons. The Bertz CT molecular complexity index is 858. The van der Waals surface area contributed by atoms with Gasteiger partial charge in [0.25, 0.3) is 5.91 Å². The van der Waals surface area contributed by atoms with Gasteiger partial charge in [-0.15, -0.1) is 17.5 Å². The van der Waals surface area contributed by atoms with Crippen molar-refractivity contribution in [2.75, 3.05) is 23.7 Å². The van der Waals surface area contributed by atoms with Crippen LogP contribution in [0.25, 0.3) is 0 Å². The number of piperidine rings is 1. The molecule has 1 aliphatic carbocycles. The van der Waals surface area contributed by atoms with Crippen LogP contribution >= 0.6 is 12.4 Å². The summed E-state index contributed by atoms with van der Waals surface area (Å²) in [6.07, 6.45) is 3.87. The number of carbonyl (C=O) groups excluding carboxylic acids is 2. The van der Waals surface area contributed by atoms with Gasteiger partial charge < -0.3 is 16.0 Å². The van der Waals surface area contributed by atoms with Crippen LogP contribution in [-0.2, 0) is 4.79 Å². The monoisotopic (exact) mass is 404 g/mol. The Kier molecular flexibility index (Phi) is 6.31. The first kappa shape index (κ1) is 20.3. The van der Waals surface area contributed by atoms with Gasteiger partial charge in [0.05, 0.1) is 11.7 Å². The van der Waals surface area contributed by atoms with Crippen LogP contribution in [0.15, 0.2) is 24.3 Å². The van der Waals surface area contributed by atoms with Crippen molar-refractivity contribution in [3.8, 4) is 0 Å². The predicted molar refractivity (Wildman–Crippen MR) is 109 cm³/mol. The minimum absolute atomic E-state index is 0. The topological polar surface area (TPSA) is 101 Å². The number of hydrogen-bond acceptors (Lipinski definition) is 5. The maximum atomic E-state index is 12.7. The molecule has 1 saturated heterocycles. The van der Waals surface area contributed by atoms with Crippen molar-refractivity contribution in [3.63, 3.8) is 0 Å². The molecule has 2 amide bonds. The molecule has 4 rings (SSSR count). The molecule has 8 nitrogen and oxygen atoms in total. The van der Waals surface area contributed by atoms with Crippen molar-refractivity contribution in [2.45, 2.75) is 38.6 Å². The zero-order valence-corrected chi connectivity index (χ0v) is 16.6. The third-order valence-electron chi connectivity index (χ3n) is 5.13. The summed E-state index contributed by atoms with van der Waals surface area (Å²) in [7, 11) is 0. The second-order valence-corrected chi connectivity index (χ2v) is 7.25. The van der Waals surface area contributed by atoms with Gasteiger partial charge in [0.2, 0.25) is 5.91 Å². The van der Waals surface area contributed by atoms with E-state index in [0.717, 1.165) is 44.5 Å². The van der Waals surface area contributed by atoms with Crippen LogP contribution in [0.5, 0.6) is 0 Å². The summed E-state index contributed by atoms with van der Waals surface area (Å²) >= 11 is 0. The van der Waals surface area contributed by atoms with E-state index >= 15 is 0 Å². The molecule has 1 aromatic heterocycles. The van der Waals surface area contributed by atoms with E-state index in [1.807, 2.05) is 17.7 Å². The SMILES string of the molecule is Cc1c(C(=O)Nc2cccc(NC(=O)C3CC3)c2)nnn1C1CCNCC1.Cl. The molecule has 1 saturated carbocycles. The summed E-state index contributed by atoms with van der Waals surface area (Å²) in [5, 5.41) is 17.4. The molecule has 2 aromatic rings. The first-order valence-electron chi connectivity index (χ1n) is 9.46. The van der Waals surface area contributed by atoms with Gasteiger partial charge in [-0.3, -0.25) is 9.59 Å².